The number of amides is 1. The Bertz CT molecular complexity index is 866. The molecule has 2 aliphatic heterocycles. The number of hydrogen-bond donors (Lipinski definition) is 0. The van der Waals surface area contributed by atoms with E-state index in [1.165, 1.54) is 5.56 Å². The monoisotopic (exact) mass is 423 g/mol. The molecule has 1 aromatic carbocycles. The van der Waals surface area contributed by atoms with Gasteiger partial charge in [-0.1, -0.05) is 11.6 Å². The lowest BCUT2D eigenvalue weighted by Crippen LogP contribution is -2.43. The minimum atomic E-state index is 0.0515. The molecular weight excluding hydrogens is 390 g/mol. The van der Waals surface area contributed by atoms with Gasteiger partial charge in [-0.3, -0.25) is 14.7 Å². The molecule has 2 saturated heterocycles. The third-order valence-electron chi connectivity index (χ3n) is 6.35. The number of benzene rings is 1. The van der Waals surface area contributed by atoms with E-state index in [4.69, 9.17) is 9.47 Å². The van der Waals surface area contributed by atoms with Crippen LogP contribution in [0.25, 0.3) is 0 Å². The first-order valence-electron chi connectivity index (χ1n) is 11.3. The average molecular weight is 424 g/mol. The molecule has 166 valence electrons. The molecule has 0 unspecified atom stereocenters. The zero-order valence-corrected chi connectivity index (χ0v) is 18.6. The zero-order valence-electron chi connectivity index (χ0n) is 18.6. The Morgan fingerprint density at radius 3 is 2.58 bits per heavy atom. The van der Waals surface area contributed by atoms with Gasteiger partial charge < -0.3 is 14.4 Å². The molecule has 0 radical (unpaired) electrons. The summed E-state index contributed by atoms with van der Waals surface area (Å²) < 4.78 is 11.9. The van der Waals surface area contributed by atoms with E-state index in [0.717, 1.165) is 57.4 Å². The summed E-state index contributed by atoms with van der Waals surface area (Å²) in [6.07, 6.45) is 7.85. The third kappa shape index (κ3) is 5.63. The highest BCUT2D eigenvalue weighted by atomic mass is 16.5. The average Bonchev–Trinajstić information content (AvgIpc) is 2.81. The van der Waals surface area contributed by atoms with Gasteiger partial charge in [0, 0.05) is 52.2 Å². The molecule has 1 aromatic heterocycles. The number of rotatable bonds is 6. The molecule has 0 saturated carbocycles. The quantitative estimate of drug-likeness (QED) is 0.709. The molecule has 4 rings (SSSR count). The van der Waals surface area contributed by atoms with E-state index in [9.17, 15) is 4.79 Å². The molecule has 0 aliphatic carbocycles. The number of ether oxygens (including phenoxy) is 2. The fraction of sp³-hybridized carbons (Fsp3) is 0.520. The molecule has 1 atom stereocenters. The predicted octanol–water partition coefficient (Wildman–Crippen LogP) is 3.68. The van der Waals surface area contributed by atoms with Crippen LogP contribution in [0.5, 0.6) is 5.75 Å². The van der Waals surface area contributed by atoms with Crippen molar-refractivity contribution in [3.8, 4) is 5.75 Å². The van der Waals surface area contributed by atoms with Crippen LogP contribution in [-0.4, -0.2) is 66.2 Å². The van der Waals surface area contributed by atoms with Crippen molar-refractivity contribution in [1.29, 1.82) is 0 Å². The van der Waals surface area contributed by atoms with Gasteiger partial charge in [0.05, 0.1) is 11.7 Å². The van der Waals surface area contributed by atoms with Gasteiger partial charge in [-0.15, -0.1) is 0 Å². The second kappa shape index (κ2) is 10.2. The Labute approximate surface area is 185 Å². The number of nitrogens with zero attached hydrogens (tertiary/aromatic N) is 3. The first-order valence-corrected chi connectivity index (χ1v) is 11.3. The van der Waals surface area contributed by atoms with Crippen LogP contribution in [0.1, 0.15) is 47.2 Å². The molecular formula is C25H33N3O3. The number of carbonyl (C=O) groups excluding carboxylic acids is 1. The van der Waals surface area contributed by atoms with Gasteiger partial charge in [0.2, 0.25) is 0 Å². The van der Waals surface area contributed by atoms with Gasteiger partial charge in [-0.25, -0.2) is 0 Å². The van der Waals surface area contributed by atoms with E-state index in [1.807, 2.05) is 42.4 Å². The smallest absolute Gasteiger partial charge is 0.257 e. The predicted molar refractivity (Wildman–Crippen MR) is 120 cm³/mol. The lowest BCUT2D eigenvalue weighted by Gasteiger charge is -2.34. The summed E-state index contributed by atoms with van der Waals surface area (Å²) in [5.41, 5.74) is 3.04. The molecule has 0 spiro atoms. The number of aromatic nitrogens is 1. The molecule has 31 heavy (non-hydrogen) atoms. The van der Waals surface area contributed by atoms with Crippen LogP contribution in [0, 0.1) is 6.92 Å². The maximum atomic E-state index is 13.3. The van der Waals surface area contributed by atoms with Crippen molar-refractivity contribution in [2.24, 2.45) is 0 Å². The van der Waals surface area contributed by atoms with E-state index in [1.54, 1.807) is 7.11 Å². The Balaban J connectivity index is 1.38. The van der Waals surface area contributed by atoms with E-state index in [0.29, 0.717) is 17.9 Å². The van der Waals surface area contributed by atoms with Gasteiger partial charge in [0.15, 0.2) is 0 Å². The summed E-state index contributed by atoms with van der Waals surface area (Å²) >= 11 is 0. The number of likely N-dealkylation sites (tertiary alicyclic amines) is 2. The Hall–Kier alpha value is -2.44. The van der Waals surface area contributed by atoms with Crippen LogP contribution in [-0.2, 0) is 11.3 Å². The first-order chi connectivity index (χ1) is 15.1. The van der Waals surface area contributed by atoms with Crippen LogP contribution >= 0.6 is 0 Å². The number of hydrogen-bond acceptors (Lipinski definition) is 5. The molecule has 3 heterocycles. The Kier molecular flexibility index (Phi) is 7.20. The second-order valence-corrected chi connectivity index (χ2v) is 8.70. The summed E-state index contributed by atoms with van der Waals surface area (Å²) in [6.45, 7) is 6.37. The summed E-state index contributed by atoms with van der Waals surface area (Å²) in [5, 5.41) is 0. The van der Waals surface area contributed by atoms with E-state index in [-0.39, 0.29) is 18.1 Å². The minimum absolute atomic E-state index is 0.0515. The maximum Gasteiger partial charge on any atom is 0.257 e. The molecule has 2 aliphatic rings. The van der Waals surface area contributed by atoms with Crippen molar-refractivity contribution in [3.05, 3.63) is 59.4 Å². The minimum Gasteiger partial charge on any atom is -0.489 e. The van der Waals surface area contributed by atoms with Crippen LogP contribution in [0.4, 0.5) is 0 Å². The highest BCUT2D eigenvalue weighted by molar-refractivity contribution is 5.97. The topological polar surface area (TPSA) is 54.9 Å². The fourth-order valence-corrected chi connectivity index (χ4v) is 4.51. The van der Waals surface area contributed by atoms with Crippen molar-refractivity contribution in [3.63, 3.8) is 0 Å². The molecule has 0 bridgehead atoms. The fourth-order valence-electron chi connectivity index (χ4n) is 4.51. The molecule has 2 fully saturated rings. The second-order valence-electron chi connectivity index (χ2n) is 8.70. The largest absolute Gasteiger partial charge is 0.489 e. The summed E-state index contributed by atoms with van der Waals surface area (Å²) in [4.78, 5) is 21.8. The number of piperidine rings is 2. The molecule has 0 N–H and O–H groups in total. The molecule has 6 nitrogen and oxygen atoms in total. The highest BCUT2D eigenvalue weighted by Gasteiger charge is 2.28. The maximum absolute atomic E-state index is 13.3. The number of pyridine rings is 1. The van der Waals surface area contributed by atoms with Gasteiger partial charge >= 0.3 is 0 Å². The van der Waals surface area contributed by atoms with Crippen LogP contribution < -0.4 is 4.74 Å². The highest BCUT2D eigenvalue weighted by Crippen LogP contribution is 2.27. The van der Waals surface area contributed by atoms with E-state index < -0.39 is 0 Å². The molecule has 1 amide bonds. The van der Waals surface area contributed by atoms with Crippen molar-refractivity contribution in [1.82, 2.24) is 14.8 Å². The lowest BCUT2D eigenvalue weighted by atomic mass is 10.0. The molecule has 6 heteroatoms. The Morgan fingerprint density at radius 2 is 1.84 bits per heavy atom. The SMILES string of the molecule is CO[C@@H]1CCCN(C(=O)c2cc(C)ccc2OC2CCN(Cc3ccncc3)CC2)C1. The van der Waals surface area contributed by atoms with Gasteiger partial charge in [-0.05, 0) is 62.4 Å². The van der Waals surface area contributed by atoms with E-state index >= 15 is 0 Å². The van der Waals surface area contributed by atoms with Gasteiger partial charge in [0.1, 0.15) is 11.9 Å². The summed E-state index contributed by atoms with van der Waals surface area (Å²) in [7, 11) is 1.72. The molecule has 2 aromatic rings. The van der Waals surface area contributed by atoms with Crippen LogP contribution in [0.15, 0.2) is 42.7 Å². The van der Waals surface area contributed by atoms with Crippen molar-refractivity contribution in [2.75, 3.05) is 33.3 Å². The third-order valence-corrected chi connectivity index (χ3v) is 6.35. The van der Waals surface area contributed by atoms with Crippen molar-refractivity contribution < 1.29 is 14.3 Å². The van der Waals surface area contributed by atoms with Crippen LogP contribution in [0.2, 0.25) is 0 Å². The van der Waals surface area contributed by atoms with Crippen molar-refractivity contribution in [2.45, 2.75) is 51.4 Å². The Morgan fingerprint density at radius 1 is 1.06 bits per heavy atom. The van der Waals surface area contributed by atoms with Gasteiger partial charge in [0.25, 0.3) is 5.91 Å². The lowest BCUT2D eigenvalue weighted by molar-refractivity contribution is 0.0264. The van der Waals surface area contributed by atoms with Crippen LogP contribution in [0.3, 0.4) is 0 Å². The number of methoxy groups -OCH3 is 1. The number of aryl methyl sites for hydroxylation is 1. The summed E-state index contributed by atoms with van der Waals surface area (Å²) in [5.74, 6) is 0.762. The first kappa shape index (κ1) is 21.8. The zero-order chi connectivity index (χ0) is 21.6. The normalized spacial score (nSPS) is 20.6. The standard InChI is InChI=1S/C25H33N3O3/c1-19-5-6-24(23(16-19)25(29)28-13-3-4-22(18-28)30-2)31-21-9-14-27(15-10-21)17-20-7-11-26-12-8-20/h5-8,11-12,16,21-22H,3-4,9-10,13-15,17-18H2,1-2H3/t22-/m1/s1. The van der Waals surface area contributed by atoms with E-state index in [2.05, 4.69) is 22.0 Å². The summed E-state index contributed by atoms with van der Waals surface area (Å²) in [6, 6.07) is 10.1. The number of carbonyl (C=O) groups is 1. The van der Waals surface area contributed by atoms with Gasteiger partial charge in [-0.2, -0.15) is 0 Å². The van der Waals surface area contributed by atoms with Crippen molar-refractivity contribution >= 4 is 5.91 Å².